The number of benzene rings is 2. The molecule has 6 nitrogen and oxygen atoms in total. The van der Waals surface area contributed by atoms with Crippen LogP contribution in [0.3, 0.4) is 0 Å². The number of H-pyrrole nitrogens is 1. The van der Waals surface area contributed by atoms with E-state index < -0.39 is 8.80 Å². The molecule has 1 heterocycles. The maximum atomic E-state index is 12.5. The molecule has 0 unspecified atom stereocenters. The Balaban J connectivity index is 1.55. The van der Waals surface area contributed by atoms with Crippen molar-refractivity contribution < 1.29 is 18.1 Å². The topological polar surface area (TPSA) is 72.6 Å². The lowest BCUT2D eigenvalue weighted by atomic mass is 10.1. The number of halogens is 1. The van der Waals surface area contributed by atoms with Gasteiger partial charge in [-0.3, -0.25) is 4.79 Å². The summed E-state index contributed by atoms with van der Waals surface area (Å²) in [6.07, 6.45) is 3.12. The van der Waals surface area contributed by atoms with Crippen molar-refractivity contribution in [3.8, 4) is 0 Å². The highest BCUT2D eigenvalue weighted by molar-refractivity contribution is 9.10. The molecule has 0 radical (unpaired) electrons. The van der Waals surface area contributed by atoms with Crippen molar-refractivity contribution in [2.24, 2.45) is 0 Å². The molecule has 184 valence electrons. The number of fused-ring (bicyclic) bond motifs is 1. The Morgan fingerprint density at radius 3 is 2.35 bits per heavy atom. The lowest BCUT2D eigenvalue weighted by Crippen LogP contribution is -2.46. The molecule has 3 aromatic rings. The first-order valence-electron chi connectivity index (χ1n) is 11.7. The van der Waals surface area contributed by atoms with E-state index in [-0.39, 0.29) is 5.91 Å². The van der Waals surface area contributed by atoms with E-state index in [9.17, 15) is 4.79 Å². The van der Waals surface area contributed by atoms with Crippen LogP contribution in [0.15, 0.2) is 62.9 Å². The minimum atomic E-state index is -2.70. The summed E-state index contributed by atoms with van der Waals surface area (Å²) < 4.78 is 18.7. The van der Waals surface area contributed by atoms with Crippen LogP contribution < -0.4 is 5.32 Å². The summed E-state index contributed by atoms with van der Waals surface area (Å²) in [6.45, 7) is 7.95. The largest absolute Gasteiger partial charge is 0.500 e. The van der Waals surface area contributed by atoms with Crippen LogP contribution in [-0.4, -0.2) is 39.5 Å². The van der Waals surface area contributed by atoms with Gasteiger partial charge in [0.05, 0.1) is 0 Å². The van der Waals surface area contributed by atoms with Crippen molar-refractivity contribution in [1.82, 2.24) is 10.3 Å². The van der Waals surface area contributed by atoms with Gasteiger partial charge in [-0.05, 0) is 69.2 Å². The van der Waals surface area contributed by atoms with Crippen LogP contribution in [0.1, 0.15) is 39.2 Å². The van der Waals surface area contributed by atoms with Gasteiger partial charge in [-0.25, -0.2) is 0 Å². The van der Waals surface area contributed by atoms with Gasteiger partial charge in [-0.2, -0.15) is 0 Å². The van der Waals surface area contributed by atoms with Gasteiger partial charge in [-0.15, -0.1) is 0 Å². The Morgan fingerprint density at radius 2 is 1.71 bits per heavy atom. The molecule has 0 aliphatic heterocycles. The third-order valence-electron chi connectivity index (χ3n) is 5.22. The van der Waals surface area contributed by atoms with Crippen molar-refractivity contribution in [3.05, 3.63) is 58.7 Å². The summed E-state index contributed by atoms with van der Waals surface area (Å²) in [5, 5.41) is 4.20. The molecule has 3 rings (SSSR count). The molecule has 0 bridgehead atoms. The van der Waals surface area contributed by atoms with Crippen molar-refractivity contribution >= 4 is 53.3 Å². The summed E-state index contributed by atoms with van der Waals surface area (Å²) in [5.41, 5.74) is 2.15. The third-order valence-corrected chi connectivity index (χ3v) is 9.96. The molecular weight excluding hydrogens is 532 g/mol. The van der Waals surface area contributed by atoms with Gasteiger partial charge < -0.3 is 23.6 Å². The zero-order valence-corrected chi connectivity index (χ0v) is 23.4. The number of carbonyl (C=O) groups excluding carboxylic acids is 1. The van der Waals surface area contributed by atoms with Crippen LogP contribution >= 0.6 is 27.7 Å². The molecule has 0 aliphatic carbocycles. The maximum Gasteiger partial charge on any atom is 0.500 e. The van der Waals surface area contributed by atoms with Gasteiger partial charge in [0.2, 0.25) is 5.91 Å². The monoisotopic (exact) mass is 564 g/mol. The third kappa shape index (κ3) is 7.69. The molecule has 0 aliphatic rings. The van der Waals surface area contributed by atoms with Crippen LogP contribution in [0.5, 0.6) is 0 Å². The Morgan fingerprint density at radius 1 is 1.03 bits per heavy atom. The predicted octanol–water partition coefficient (Wildman–Crippen LogP) is 6.53. The minimum absolute atomic E-state index is 0.0195. The fourth-order valence-electron chi connectivity index (χ4n) is 3.72. The van der Waals surface area contributed by atoms with E-state index in [2.05, 4.69) is 50.5 Å². The first kappa shape index (κ1) is 27.0. The Hall–Kier alpha value is -1.62. The van der Waals surface area contributed by atoms with Crippen molar-refractivity contribution in [1.29, 1.82) is 0 Å². The summed E-state index contributed by atoms with van der Waals surface area (Å²) in [6, 6.07) is 15.2. The molecule has 2 aromatic carbocycles. The molecule has 0 fully saturated rings. The summed E-state index contributed by atoms with van der Waals surface area (Å²) >= 11 is 5.20. The molecule has 1 aromatic heterocycles. The van der Waals surface area contributed by atoms with Crippen LogP contribution in [0.4, 0.5) is 0 Å². The Bertz CT molecular complexity index is 1040. The first-order chi connectivity index (χ1) is 16.5. The predicted molar refractivity (Wildman–Crippen MR) is 143 cm³/mol. The second kappa shape index (κ2) is 13.5. The zero-order chi connectivity index (χ0) is 24.4. The minimum Gasteiger partial charge on any atom is -0.374 e. The summed E-state index contributed by atoms with van der Waals surface area (Å²) in [4.78, 5) is 18.2. The van der Waals surface area contributed by atoms with E-state index in [4.69, 9.17) is 13.3 Å². The van der Waals surface area contributed by atoms with Crippen molar-refractivity contribution in [3.63, 3.8) is 0 Å². The lowest BCUT2D eigenvalue weighted by Gasteiger charge is -2.28. The molecule has 0 spiro atoms. The summed E-state index contributed by atoms with van der Waals surface area (Å²) in [7, 11) is -2.70. The van der Waals surface area contributed by atoms with Gasteiger partial charge in [0.25, 0.3) is 0 Å². The normalized spacial score (nSPS) is 11.8. The lowest BCUT2D eigenvalue weighted by molar-refractivity contribution is -0.121. The highest BCUT2D eigenvalue weighted by Gasteiger charge is 2.39. The van der Waals surface area contributed by atoms with Gasteiger partial charge >= 0.3 is 8.80 Å². The molecule has 2 N–H and O–H groups in total. The molecule has 0 saturated carbocycles. The number of amides is 1. The van der Waals surface area contributed by atoms with Crippen LogP contribution in [-0.2, 0) is 24.6 Å². The number of aromatic nitrogens is 1. The fraction of sp³-hybridized carbons (Fsp3) is 0.400. The average Bonchev–Trinajstić information content (AvgIpc) is 3.22. The fourth-order valence-corrected chi connectivity index (χ4v) is 7.52. The standard InChI is InChI=1S/C25H33BrN2O4SSi/c1-4-30-34(31-5-2,32-6-3)15-7-8-25(29)28-17-19-9-14-23-22(16-19)24(18-27-23)33-21-12-10-20(26)11-13-21/h9-14,16,18,27H,4-8,15,17H2,1-3H3,(H,28,29). The average molecular weight is 566 g/mol. The van der Waals surface area contributed by atoms with Crippen molar-refractivity contribution in [2.45, 2.75) is 56.0 Å². The van der Waals surface area contributed by atoms with Crippen LogP contribution in [0.25, 0.3) is 10.9 Å². The van der Waals surface area contributed by atoms with Gasteiger partial charge in [0, 0.05) is 70.2 Å². The van der Waals surface area contributed by atoms with Crippen LogP contribution in [0, 0.1) is 0 Å². The van der Waals surface area contributed by atoms with Gasteiger partial charge in [-0.1, -0.05) is 33.8 Å². The van der Waals surface area contributed by atoms with E-state index in [1.54, 1.807) is 11.8 Å². The van der Waals surface area contributed by atoms with E-state index in [0.717, 1.165) is 25.8 Å². The molecule has 1 amide bonds. The Labute approximate surface area is 215 Å². The van der Waals surface area contributed by atoms with E-state index in [1.807, 2.05) is 45.2 Å². The van der Waals surface area contributed by atoms with Crippen LogP contribution in [0.2, 0.25) is 6.04 Å². The van der Waals surface area contributed by atoms with Crippen molar-refractivity contribution in [2.75, 3.05) is 19.8 Å². The van der Waals surface area contributed by atoms with E-state index in [0.29, 0.717) is 45.3 Å². The number of carbonyl (C=O) groups is 1. The number of hydrogen-bond acceptors (Lipinski definition) is 5. The summed E-state index contributed by atoms with van der Waals surface area (Å²) in [5.74, 6) is 0.0195. The number of rotatable bonds is 14. The molecule has 9 heteroatoms. The smallest absolute Gasteiger partial charge is 0.374 e. The molecular formula is C25H33BrN2O4SSi. The van der Waals surface area contributed by atoms with E-state index >= 15 is 0 Å². The number of hydrogen-bond donors (Lipinski definition) is 2. The molecule has 34 heavy (non-hydrogen) atoms. The highest BCUT2D eigenvalue weighted by atomic mass is 79.9. The molecule has 0 saturated heterocycles. The second-order valence-corrected chi connectivity index (χ2v) is 12.5. The van der Waals surface area contributed by atoms with E-state index in [1.165, 1.54) is 4.90 Å². The number of aromatic amines is 1. The SMILES string of the molecule is CCO[Si](CCCC(=O)NCc1ccc2[nH]cc(Sc3ccc(Br)cc3)c2c1)(OCC)OCC. The molecule has 0 atom stereocenters. The maximum absolute atomic E-state index is 12.5. The zero-order valence-electron chi connectivity index (χ0n) is 20.0. The number of nitrogens with one attached hydrogen (secondary N) is 2. The van der Waals surface area contributed by atoms with Gasteiger partial charge in [0.15, 0.2) is 0 Å². The first-order valence-corrected chi connectivity index (χ1v) is 15.2. The van der Waals surface area contributed by atoms with Gasteiger partial charge in [0.1, 0.15) is 0 Å². The quantitative estimate of drug-likeness (QED) is 0.218. The second-order valence-electron chi connectivity index (χ2n) is 7.70. The highest BCUT2D eigenvalue weighted by Crippen LogP contribution is 2.34. The Kier molecular flexibility index (Phi) is 10.7.